The summed E-state index contributed by atoms with van der Waals surface area (Å²) in [6, 6.07) is 0.603. The third-order valence-corrected chi connectivity index (χ3v) is 4.06. The van der Waals surface area contributed by atoms with Gasteiger partial charge in [-0.15, -0.1) is 0 Å². The summed E-state index contributed by atoms with van der Waals surface area (Å²) < 4.78 is 0. The van der Waals surface area contributed by atoms with Crippen molar-refractivity contribution < 1.29 is 5.11 Å². The first-order chi connectivity index (χ1) is 8.31. The van der Waals surface area contributed by atoms with Crippen molar-refractivity contribution in [2.75, 3.05) is 32.8 Å². The molecule has 3 heteroatoms. The molecule has 1 aliphatic heterocycles. The number of aliphatic hydroxyl groups excluding tert-OH is 1. The largest absolute Gasteiger partial charge is 0.395 e. The Hall–Kier alpha value is -0.120. The van der Waals surface area contributed by atoms with Crippen molar-refractivity contribution in [2.24, 2.45) is 11.8 Å². The standard InChI is InChI=1S/C14H28N2O/c1-2-6-16-10-13(8-12-3-4-12)9-14(11-16)15-5-7-17/h12-15,17H,2-11H2,1H3. The molecule has 3 nitrogen and oxygen atoms in total. The lowest BCUT2D eigenvalue weighted by Gasteiger charge is -2.38. The SMILES string of the molecule is CCCN1CC(CC2CC2)CC(NCCO)C1. The zero-order valence-corrected chi connectivity index (χ0v) is 11.2. The number of nitrogens with one attached hydrogen (secondary N) is 1. The van der Waals surface area contributed by atoms with Crippen LogP contribution in [0.1, 0.15) is 39.0 Å². The van der Waals surface area contributed by atoms with Gasteiger partial charge in [-0.1, -0.05) is 19.8 Å². The van der Waals surface area contributed by atoms with Crippen LogP contribution >= 0.6 is 0 Å². The van der Waals surface area contributed by atoms with E-state index < -0.39 is 0 Å². The van der Waals surface area contributed by atoms with Crippen LogP contribution in [0, 0.1) is 11.8 Å². The van der Waals surface area contributed by atoms with Gasteiger partial charge in [-0.3, -0.25) is 0 Å². The van der Waals surface area contributed by atoms with E-state index in [1.807, 2.05) is 0 Å². The maximum absolute atomic E-state index is 8.91. The molecule has 1 saturated carbocycles. The first-order valence-corrected chi connectivity index (χ1v) is 7.38. The molecule has 1 heterocycles. The molecule has 2 aliphatic rings. The Morgan fingerprint density at radius 3 is 2.71 bits per heavy atom. The molecule has 0 bridgehead atoms. The Labute approximate surface area is 106 Å². The van der Waals surface area contributed by atoms with E-state index in [1.165, 1.54) is 51.7 Å². The summed E-state index contributed by atoms with van der Waals surface area (Å²) in [5.41, 5.74) is 0. The van der Waals surface area contributed by atoms with Crippen molar-refractivity contribution in [3.05, 3.63) is 0 Å². The summed E-state index contributed by atoms with van der Waals surface area (Å²) in [5.74, 6) is 1.93. The Morgan fingerprint density at radius 1 is 1.24 bits per heavy atom. The fourth-order valence-electron chi connectivity index (χ4n) is 3.21. The predicted octanol–water partition coefficient (Wildman–Crippen LogP) is 1.47. The minimum absolute atomic E-state index is 0.261. The van der Waals surface area contributed by atoms with Crippen LogP contribution in [-0.2, 0) is 0 Å². The van der Waals surface area contributed by atoms with Crippen LogP contribution in [-0.4, -0.2) is 48.8 Å². The van der Waals surface area contributed by atoms with E-state index in [1.54, 1.807) is 0 Å². The number of hydrogen-bond donors (Lipinski definition) is 2. The molecule has 1 aliphatic carbocycles. The van der Waals surface area contributed by atoms with E-state index in [9.17, 15) is 0 Å². The second-order valence-corrected chi connectivity index (χ2v) is 5.92. The molecule has 0 aromatic heterocycles. The first-order valence-electron chi connectivity index (χ1n) is 7.38. The monoisotopic (exact) mass is 240 g/mol. The highest BCUT2D eigenvalue weighted by molar-refractivity contribution is 4.87. The Kier molecular flexibility index (Phi) is 5.26. The fourth-order valence-corrected chi connectivity index (χ4v) is 3.21. The van der Waals surface area contributed by atoms with Gasteiger partial charge >= 0.3 is 0 Å². The van der Waals surface area contributed by atoms with Gasteiger partial charge in [-0.05, 0) is 37.6 Å². The van der Waals surface area contributed by atoms with Crippen LogP contribution in [0.4, 0.5) is 0 Å². The minimum atomic E-state index is 0.261. The molecular weight excluding hydrogens is 212 g/mol. The Bertz CT molecular complexity index is 218. The minimum Gasteiger partial charge on any atom is -0.395 e. The van der Waals surface area contributed by atoms with Crippen molar-refractivity contribution in [2.45, 2.75) is 45.1 Å². The highest BCUT2D eigenvalue weighted by Crippen LogP contribution is 2.37. The zero-order chi connectivity index (χ0) is 12.1. The molecule has 2 rings (SSSR count). The van der Waals surface area contributed by atoms with Crippen LogP contribution in [0.2, 0.25) is 0 Å². The predicted molar refractivity (Wildman–Crippen MR) is 71.1 cm³/mol. The van der Waals surface area contributed by atoms with Crippen molar-refractivity contribution in [3.8, 4) is 0 Å². The third-order valence-electron chi connectivity index (χ3n) is 4.06. The van der Waals surface area contributed by atoms with Gasteiger partial charge in [0.25, 0.3) is 0 Å². The second-order valence-electron chi connectivity index (χ2n) is 5.92. The fraction of sp³-hybridized carbons (Fsp3) is 1.00. The maximum Gasteiger partial charge on any atom is 0.0556 e. The van der Waals surface area contributed by atoms with Crippen LogP contribution in [0.5, 0.6) is 0 Å². The molecule has 0 spiro atoms. The molecule has 100 valence electrons. The van der Waals surface area contributed by atoms with E-state index >= 15 is 0 Å². The van der Waals surface area contributed by atoms with Gasteiger partial charge in [0, 0.05) is 25.7 Å². The highest BCUT2D eigenvalue weighted by atomic mass is 16.3. The topological polar surface area (TPSA) is 35.5 Å². The number of nitrogens with zero attached hydrogens (tertiary/aromatic N) is 1. The lowest BCUT2D eigenvalue weighted by atomic mass is 9.89. The number of aliphatic hydroxyl groups is 1. The van der Waals surface area contributed by atoms with Gasteiger partial charge in [-0.25, -0.2) is 0 Å². The summed E-state index contributed by atoms with van der Waals surface area (Å²) in [6.07, 6.45) is 6.95. The van der Waals surface area contributed by atoms with Gasteiger partial charge in [0.1, 0.15) is 0 Å². The molecule has 0 radical (unpaired) electrons. The molecule has 2 atom stereocenters. The van der Waals surface area contributed by atoms with Crippen molar-refractivity contribution in [1.29, 1.82) is 0 Å². The Morgan fingerprint density at radius 2 is 2.06 bits per heavy atom. The molecule has 2 fully saturated rings. The quantitative estimate of drug-likeness (QED) is 0.707. The van der Waals surface area contributed by atoms with Gasteiger partial charge < -0.3 is 15.3 Å². The normalized spacial score (nSPS) is 30.7. The van der Waals surface area contributed by atoms with Crippen molar-refractivity contribution >= 4 is 0 Å². The molecular formula is C14H28N2O. The molecule has 2 N–H and O–H groups in total. The summed E-state index contributed by atoms with van der Waals surface area (Å²) in [7, 11) is 0. The summed E-state index contributed by atoms with van der Waals surface area (Å²) in [5, 5.41) is 12.4. The van der Waals surface area contributed by atoms with Crippen LogP contribution < -0.4 is 5.32 Å². The smallest absolute Gasteiger partial charge is 0.0556 e. The molecule has 1 saturated heterocycles. The van der Waals surface area contributed by atoms with E-state index in [0.717, 1.165) is 18.4 Å². The molecule has 0 amide bonds. The highest BCUT2D eigenvalue weighted by Gasteiger charge is 2.31. The van der Waals surface area contributed by atoms with E-state index in [0.29, 0.717) is 6.04 Å². The van der Waals surface area contributed by atoms with E-state index in [2.05, 4.69) is 17.1 Å². The lowest BCUT2D eigenvalue weighted by molar-refractivity contribution is 0.129. The average Bonchev–Trinajstić information content (AvgIpc) is 3.10. The first kappa shape index (κ1) is 13.3. The number of piperidine rings is 1. The van der Waals surface area contributed by atoms with Gasteiger partial charge in [0.15, 0.2) is 0 Å². The number of rotatable bonds is 7. The summed E-state index contributed by atoms with van der Waals surface area (Å²) in [6.45, 7) is 6.99. The molecule has 17 heavy (non-hydrogen) atoms. The zero-order valence-electron chi connectivity index (χ0n) is 11.2. The second kappa shape index (κ2) is 6.72. The maximum atomic E-state index is 8.91. The number of hydrogen-bond acceptors (Lipinski definition) is 3. The molecule has 0 aromatic carbocycles. The van der Waals surface area contributed by atoms with E-state index in [4.69, 9.17) is 5.11 Å². The van der Waals surface area contributed by atoms with Gasteiger partial charge in [0.2, 0.25) is 0 Å². The van der Waals surface area contributed by atoms with Gasteiger partial charge in [0.05, 0.1) is 6.61 Å². The summed E-state index contributed by atoms with van der Waals surface area (Å²) in [4.78, 5) is 2.62. The van der Waals surface area contributed by atoms with Crippen molar-refractivity contribution in [1.82, 2.24) is 10.2 Å². The molecule has 0 aromatic rings. The third kappa shape index (κ3) is 4.57. The average molecular weight is 240 g/mol. The van der Waals surface area contributed by atoms with Crippen LogP contribution in [0.25, 0.3) is 0 Å². The van der Waals surface area contributed by atoms with Crippen molar-refractivity contribution in [3.63, 3.8) is 0 Å². The Balaban J connectivity index is 1.79. The number of likely N-dealkylation sites (tertiary alicyclic amines) is 1. The van der Waals surface area contributed by atoms with Gasteiger partial charge in [-0.2, -0.15) is 0 Å². The summed E-state index contributed by atoms with van der Waals surface area (Å²) >= 11 is 0. The van der Waals surface area contributed by atoms with E-state index in [-0.39, 0.29) is 6.61 Å². The van der Waals surface area contributed by atoms with Crippen LogP contribution in [0.3, 0.4) is 0 Å². The lowest BCUT2D eigenvalue weighted by Crippen LogP contribution is -2.50. The van der Waals surface area contributed by atoms with Crippen LogP contribution in [0.15, 0.2) is 0 Å². The molecule has 2 unspecified atom stereocenters.